The van der Waals surface area contributed by atoms with Gasteiger partial charge in [0.25, 0.3) is 0 Å². The number of hydrogen-bond acceptors (Lipinski definition) is 4. The molecule has 0 aromatic rings. The van der Waals surface area contributed by atoms with Gasteiger partial charge in [0, 0.05) is 13.1 Å². The molecule has 0 unspecified atom stereocenters. The van der Waals surface area contributed by atoms with E-state index in [1.807, 2.05) is 20.9 Å². The van der Waals surface area contributed by atoms with Gasteiger partial charge in [0.05, 0.1) is 0 Å². The second kappa shape index (κ2) is 36.4. The Morgan fingerprint density at radius 1 is 1.06 bits per heavy atom. The Balaban J connectivity index is -0.0000000752. The molecule has 0 aliphatic rings. The van der Waals surface area contributed by atoms with Crippen molar-refractivity contribution in [3.63, 3.8) is 0 Å². The van der Waals surface area contributed by atoms with Crippen LogP contribution in [0.2, 0.25) is 0 Å². The molecule has 0 aromatic heterocycles. The van der Waals surface area contributed by atoms with Crippen molar-refractivity contribution in [1.29, 1.82) is 0 Å². The first-order valence-corrected chi connectivity index (χ1v) is 6.19. The highest BCUT2D eigenvalue weighted by molar-refractivity contribution is 4.47. The molecule has 3 N–H and O–H groups in total. The Labute approximate surface area is 103 Å². The number of rotatable bonds is 4. The first-order chi connectivity index (χ1) is 7.64. The van der Waals surface area contributed by atoms with Gasteiger partial charge in [0.15, 0.2) is 0 Å². The monoisotopic (exact) mass is 238 g/mol. The average Bonchev–Trinajstić information content (AvgIpc) is 2.30. The van der Waals surface area contributed by atoms with Crippen LogP contribution in [0.25, 0.3) is 0 Å². The van der Waals surface area contributed by atoms with Crippen molar-refractivity contribution in [1.82, 2.24) is 10.2 Å². The predicted molar refractivity (Wildman–Crippen MR) is 73.7 cm³/mol. The molecule has 4 nitrogen and oxygen atoms in total. The van der Waals surface area contributed by atoms with Gasteiger partial charge in [0.1, 0.15) is 6.79 Å². The van der Waals surface area contributed by atoms with Crippen molar-refractivity contribution in [2.75, 3.05) is 40.5 Å². The molecule has 0 aromatic carbocycles. The lowest BCUT2D eigenvalue weighted by Gasteiger charge is -2.11. The summed E-state index contributed by atoms with van der Waals surface area (Å²) in [6, 6.07) is 0. The molecule has 0 bridgehead atoms. The molecule has 0 saturated carbocycles. The van der Waals surface area contributed by atoms with E-state index in [-0.39, 0.29) is 0 Å². The lowest BCUT2D eigenvalue weighted by atomic mass is 10.5. The van der Waals surface area contributed by atoms with E-state index in [2.05, 4.69) is 38.0 Å². The quantitative estimate of drug-likeness (QED) is 0.650. The van der Waals surface area contributed by atoms with Gasteiger partial charge in [-0.1, -0.05) is 41.0 Å². The minimum Gasteiger partial charge on any atom is -0.371 e. The summed E-state index contributed by atoms with van der Waals surface area (Å²) in [5.41, 5.74) is 0. The molecule has 0 saturated heterocycles. The summed E-state index contributed by atoms with van der Waals surface area (Å²) in [5, 5.41) is 17.3. The number of likely N-dealkylation sites (N-methyl/N-ethyl adjacent to an activating group) is 2. The van der Waals surface area contributed by atoms with E-state index in [4.69, 9.17) is 10.2 Å². The third kappa shape index (κ3) is 66.9. The van der Waals surface area contributed by atoms with Crippen molar-refractivity contribution >= 4 is 0 Å². The molecule has 16 heavy (non-hydrogen) atoms. The molecule has 0 aliphatic carbocycles. The number of aliphatic hydroxyl groups is 2. The minimum absolute atomic E-state index is 0.750. The van der Waals surface area contributed by atoms with Gasteiger partial charge in [-0.3, -0.25) is 0 Å². The highest BCUT2D eigenvalue weighted by atomic mass is 16.5. The zero-order chi connectivity index (χ0) is 13.8. The van der Waals surface area contributed by atoms with Gasteiger partial charge >= 0.3 is 0 Å². The van der Waals surface area contributed by atoms with Gasteiger partial charge in [-0.25, -0.2) is 0 Å². The summed E-state index contributed by atoms with van der Waals surface area (Å²) >= 11 is 0. The second-order valence-corrected chi connectivity index (χ2v) is 2.85. The number of nitrogens with one attached hydrogen (secondary N) is 1. The summed E-state index contributed by atoms with van der Waals surface area (Å²) in [4.78, 5) is 2.27. The number of aliphatic hydroxyl groups excluding tert-OH is 1. The van der Waals surface area contributed by atoms with Crippen LogP contribution in [0.3, 0.4) is 0 Å². The molecule has 0 aliphatic heterocycles. The topological polar surface area (TPSA) is 55.7 Å². The Morgan fingerprint density at radius 3 is 1.56 bits per heavy atom. The Kier molecular flexibility index (Phi) is 56.6. The van der Waals surface area contributed by atoms with E-state index >= 15 is 0 Å². The molecule has 104 valence electrons. The van der Waals surface area contributed by atoms with Crippen LogP contribution in [0.15, 0.2) is 0 Å². The van der Waals surface area contributed by atoms with Crippen molar-refractivity contribution in [2.24, 2.45) is 0 Å². The maximum absolute atomic E-state index is 7.12. The Bertz CT molecular complexity index is 72.0. The highest BCUT2D eigenvalue weighted by Gasteiger charge is 1.88. The third-order valence-electron chi connectivity index (χ3n) is 1.28. The molecule has 0 heterocycles. The van der Waals surface area contributed by atoms with Crippen LogP contribution in [0.4, 0.5) is 0 Å². The highest BCUT2D eigenvalue weighted by Crippen LogP contribution is 1.75. The predicted octanol–water partition coefficient (Wildman–Crippen LogP) is 1.53. The van der Waals surface area contributed by atoms with Crippen molar-refractivity contribution < 1.29 is 10.2 Å². The van der Waals surface area contributed by atoms with Crippen LogP contribution in [0, 0.1) is 0 Å². The molecular formula is C12H34N2O2. The summed E-state index contributed by atoms with van der Waals surface area (Å²) in [6.45, 7) is 13.0. The summed E-state index contributed by atoms with van der Waals surface area (Å²) in [5.74, 6) is 0. The fourth-order valence-electron chi connectivity index (χ4n) is 0.461. The van der Waals surface area contributed by atoms with Crippen LogP contribution in [0.5, 0.6) is 0 Å². The smallest absolute Gasteiger partial charge is 0.140 e. The summed E-state index contributed by atoms with van der Waals surface area (Å²) < 4.78 is 0. The third-order valence-corrected chi connectivity index (χ3v) is 1.28. The fourth-order valence-corrected chi connectivity index (χ4v) is 0.461. The molecular weight excluding hydrogens is 204 g/mol. The lowest BCUT2D eigenvalue weighted by Crippen LogP contribution is -2.26. The number of nitrogens with zero attached hydrogens (tertiary/aromatic N) is 1. The van der Waals surface area contributed by atoms with Crippen LogP contribution < -0.4 is 5.32 Å². The average molecular weight is 238 g/mol. The minimum atomic E-state index is -0.750. The van der Waals surface area contributed by atoms with Gasteiger partial charge < -0.3 is 20.4 Å². The Morgan fingerprint density at radius 2 is 1.38 bits per heavy atom. The SMILES string of the molecule is CC.CCC.CCN(C)CCNC.OCO. The van der Waals surface area contributed by atoms with E-state index in [1.54, 1.807) is 0 Å². The molecule has 0 amide bonds. The van der Waals surface area contributed by atoms with Gasteiger partial charge in [-0.2, -0.15) is 0 Å². The molecule has 0 fully saturated rings. The van der Waals surface area contributed by atoms with Crippen LogP contribution in [0.1, 0.15) is 41.0 Å². The van der Waals surface area contributed by atoms with Crippen LogP contribution in [-0.2, 0) is 0 Å². The first kappa shape index (κ1) is 24.9. The fraction of sp³-hybridized carbons (Fsp3) is 1.00. The lowest BCUT2D eigenvalue weighted by molar-refractivity contribution is 0.0773. The molecule has 4 heteroatoms. The first-order valence-electron chi connectivity index (χ1n) is 6.19. The van der Waals surface area contributed by atoms with E-state index in [0.29, 0.717) is 0 Å². The van der Waals surface area contributed by atoms with Crippen LogP contribution in [-0.4, -0.2) is 55.6 Å². The maximum atomic E-state index is 7.12. The molecule has 0 radical (unpaired) electrons. The Hall–Kier alpha value is -0.160. The standard InChI is InChI=1S/C6H16N2.C3H8.C2H6.CH4O2/c1-4-8(3)6-5-7-2;1-3-2;1-2;2-1-3/h7H,4-6H2,1-3H3;3H2,1-2H3;1-2H3;2-3H,1H2. The second-order valence-electron chi connectivity index (χ2n) is 2.85. The number of hydrogen-bond donors (Lipinski definition) is 3. The van der Waals surface area contributed by atoms with E-state index in [0.717, 1.165) is 19.6 Å². The largest absolute Gasteiger partial charge is 0.371 e. The molecule has 0 spiro atoms. The zero-order valence-corrected chi connectivity index (χ0v) is 12.4. The summed E-state index contributed by atoms with van der Waals surface area (Å²) in [7, 11) is 4.10. The van der Waals surface area contributed by atoms with Gasteiger partial charge in [0.2, 0.25) is 0 Å². The van der Waals surface area contributed by atoms with Gasteiger partial charge in [-0.15, -0.1) is 0 Å². The van der Waals surface area contributed by atoms with Gasteiger partial charge in [-0.05, 0) is 20.6 Å². The van der Waals surface area contributed by atoms with E-state index < -0.39 is 6.79 Å². The normalized spacial score (nSPS) is 7.88. The molecule has 0 rings (SSSR count). The van der Waals surface area contributed by atoms with E-state index in [1.165, 1.54) is 6.42 Å². The van der Waals surface area contributed by atoms with Crippen molar-refractivity contribution in [2.45, 2.75) is 41.0 Å². The molecule has 0 atom stereocenters. The summed E-state index contributed by atoms with van der Waals surface area (Å²) in [6.07, 6.45) is 1.25. The van der Waals surface area contributed by atoms with Crippen LogP contribution >= 0.6 is 0 Å². The zero-order valence-electron chi connectivity index (χ0n) is 12.4. The van der Waals surface area contributed by atoms with Crippen molar-refractivity contribution in [3.8, 4) is 0 Å². The maximum Gasteiger partial charge on any atom is 0.140 e. The van der Waals surface area contributed by atoms with Crippen molar-refractivity contribution in [3.05, 3.63) is 0 Å². The van der Waals surface area contributed by atoms with E-state index in [9.17, 15) is 0 Å².